The first-order valence-electron chi connectivity index (χ1n) is 13.1. The number of benzene rings is 2. The van der Waals surface area contributed by atoms with E-state index in [1.165, 1.54) is 6.42 Å². The zero-order valence-corrected chi connectivity index (χ0v) is 21.7. The highest BCUT2D eigenvalue weighted by Crippen LogP contribution is 2.35. The van der Waals surface area contributed by atoms with Crippen LogP contribution in [-0.4, -0.2) is 44.5 Å². The Labute approximate surface area is 212 Å². The molecule has 1 aliphatic carbocycles. The van der Waals surface area contributed by atoms with Gasteiger partial charge < -0.3 is 19.5 Å². The van der Waals surface area contributed by atoms with Crippen molar-refractivity contribution < 1.29 is 14.3 Å². The molecule has 0 saturated heterocycles. The van der Waals surface area contributed by atoms with Gasteiger partial charge in [0, 0.05) is 11.6 Å². The number of para-hydroxylation sites is 3. The van der Waals surface area contributed by atoms with E-state index in [4.69, 9.17) is 4.74 Å². The number of hydrogen-bond donors (Lipinski definition) is 1. The molecule has 190 valence electrons. The lowest BCUT2D eigenvalue weighted by molar-refractivity contribution is -0.134. The van der Waals surface area contributed by atoms with Crippen LogP contribution in [0.4, 0.5) is 0 Å². The van der Waals surface area contributed by atoms with E-state index in [1.54, 1.807) is 4.90 Å². The third kappa shape index (κ3) is 4.14. The van der Waals surface area contributed by atoms with Crippen molar-refractivity contribution in [2.75, 3.05) is 6.61 Å². The van der Waals surface area contributed by atoms with Crippen molar-refractivity contribution in [2.24, 2.45) is 11.8 Å². The highest BCUT2D eigenvalue weighted by atomic mass is 16.5. The Bertz CT molecular complexity index is 1280. The van der Waals surface area contributed by atoms with E-state index in [-0.39, 0.29) is 24.4 Å². The Kier molecular flexibility index (Phi) is 6.49. The maximum atomic E-state index is 14.1. The number of nitrogens with one attached hydrogen (secondary N) is 1. The molecule has 2 heterocycles. The summed E-state index contributed by atoms with van der Waals surface area (Å²) in [6.07, 6.45) is 3.26. The summed E-state index contributed by atoms with van der Waals surface area (Å²) in [7, 11) is 0. The van der Waals surface area contributed by atoms with Crippen molar-refractivity contribution in [1.82, 2.24) is 19.8 Å². The molecule has 7 heteroatoms. The molecule has 1 fully saturated rings. The highest BCUT2D eigenvalue weighted by molar-refractivity contribution is 6.01. The van der Waals surface area contributed by atoms with Gasteiger partial charge in [-0.1, -0.05) is 57.0 Å². The summed E-state index contributed by atoms with van der Waals surface area (Å²) in [5.74, 6) is 1.69. The summed E-state index contributed by atoms with van der Waals surface area (Å²) in [4.78, 5) is 34.5. The van der Waals surface area contributed by atoms with E-state index in [0.29, 0.717) is 30.8 Å². The molecule has 36 heavy (non-hydrogen) atoms. The minimum absolute atomic E-state index is 0.103. The summed E-state index contributed by atoms with van der Waals surface area (Å²) < 4.78 is 7.76. The standard InChI is InChI=1S/C29H36N4O3/c1-5-36-25-16-9-6-12-21(25)17-33-27(34)26-30-23-13-7-8-15-24(23)32(26)18-29(33,4)28(35)31-22-14-10-11-19(2)20(22)3/h6-9,12-13,15-16,19-20,22H,5,10-11,14,17-18H2,1-4H3,(H,31,35)/t19-,20+,22+,29+/m0/s1. The molecule has 0 radical (unpaired) electrons. The van der Waals surface area contributed by atoms with Gasteiger partial charge in [0.1, 0.15) is 11.3 Å². The number of carbonyl (C=O) groups excluding carboxylic acids is 2. The molecule has 1 saturated carbocycles. The molecule has 7 nitrogen and oxygen atoms in total. The van der Waals surface area contributed by atoms with Crippen molar-refractivity contribution in [2.45, 2.75) is 71.6 Å². The van der Waals surface area contributed by atoms with Crippen molar-refractivity contribution in [1.29, 1.82) is 0 Å². The number of ether oxygens (including phenoxy) is 1. The molecular weight excluding hydrogens is 452 g/mol. The predicted octanol–water partition coefficient (Wildman–Crippen LogP) is 4.79. The SMILES string of the molecule is CCOc1ccccc1CN1C(=O)c2nc3ccccc3n2C[C@]1(C)C(=O)N[C@@H]1CCC[C@H](C)[C@H]1C. The maximum absolute atomic E-state index is 14.1. The molecule has 1 aromatic heterocycles. The zero-order valence-electron chi connectivity index (χ0n) is 21.7. The van der Waals surface area contributed by atoms with Crippen LogP contribution in [0.2, 0.25) is 0 Å². The largest absolute Gasteiger partial charge is 0.494 e. The van der Waals surface area contributed by atoms with Gasteiger partial charge in [-0.25, -0.2) is 4.98 Å². The summed E-state index contributed by atoms with van der Waals surface area (Å²) >= 11 is 0. The average Bonchev–Trinajstić information content (AvgIpc) is 3.24. The fourth-order valence-electron chi connectivity index (χ4n) is 5.79. The van der Waals surface area contributed by atoms with Crippen LogP contribution >= 0.6 is 0 Å². The molecule has 3 aromatic rings. The van der Waals surface area contributed by atoms with Gasteiger partial charge >= 0.3 is 0 Å². The van der Waals surface area contributed by atoms with Gasteiger partial charge in [-0.15, -0.1) is 0 Å². The summed E-state index contributed by atoms with van der Waals surface area (Å²) in [5.41, 5.74) is 1.41. The van der Waals surface area contributed by atoms with Gasteiger partial charge in [-0.05, 0) is 50.3 Å². The maximum Gasteiger partial charge on any atom is 0.291 e. The number of hydrogen-bond acceptors (Lipinski definition) is 4. The zero-order chi connectivity index (χ0) is 25.4. The lowest BCUT2D eigenvalue weighted by Crippen LogP contribution is -2.65. The van der Waals surface area contributed by atoms with Gasteiger partial charge in [-0.2, -0.15) is 0 Å². The van der Waals surface area contributed by atoms with Gasteiger partial charge in [0.25, 0.3) is 5.91 Å². The van der Waals surface area contributed by atoms with Crippen LogP contribution in [0.1, 0.15) is 63.1 Å². The van der Waals surface area contributed by atoms with Crippen LogP contribution in [0.5, 0.6) is 5.75 Å². The number of aromatic nitrogens is 2. The Morgan fingerprint density at radius 1 is 1.14 bits per heavy atom. The smallest absolute Gasteiger partial charge is 0.291 e. The number of fused-ring (bicyclic) bond motifs is 3. The quantitative estimate of drug-likeness (QED) is 0.541. The molecule has 0 unspecified atom stereocenters. The van der Waals surface area contributed by atoms with Crippen molar-refractivity contribution in [3.63, 3.8) is 0 Å². The van der Waals surface area contributed by atoms with Gasteiger partial charge in [-0.3, -0.25) is 9.59 Å². The average molecular weight is 489 g/mol. The second-order valence-corrected chi connectivity index (χ2v) is 10.6. The van der Waals surface area contributed by atoms with Gasteiger partial charge in [0.15, 0.2) is 5.82 Å². The van der Waals surface area contributed by atoms with Crippen LogP contribution in [0.3, 0.4) is 0 Å². The number of rotatable bonds is 6. The molecule has 2 aliphatic rings. The normalized spacial score (nSPS) is 26.1. The lowest BCUT2D eigenvalue weighted by atomic mass is 9.77. The first-order valence-corrected chi connectivity index (χ1v) is 13.1. The minimum atomic E-state index is -1.09. The van der Waals surface area contributed by atoms with E-state index in [9.17, 15) is 9.59 Å². The summed E-state index contributed by atoms with van der Waals surface area (Å²) in [5, 5.41) is 3.36. The fourth-order valence-corrected chi connectivity index (χ4v) is 5.79. The van der Waals surface area contributed by atoms with Crippen molar-refractivity contribution in [3.05, 3.63) is 59.9 Å². The number of nitrogens with zero attached hydrogens (tertiary/aromatic N) is 3. The van der Waals surface area contributed by atoms with Crippen LogP contribution in [0.15, 0.2) is 48.5 Å². The van der Waals surface area contributed by atoms with E-state index in [0.717, 1.165) is 35.2 Å². The van der Waals surface area contributed by atoms with E-state index < -0.39 is 5.54 Å². The third-order valence-electron chi connectivity index (χ3n) is 8.27. The van der Waals surface area contributed by atoms with E-state index in [1.807, 2.05) is 66.9 Å². The van der Waals surface area contributed by atoms with Gasteiger partial charge in [0.05, 0.1) is 30.7 Å². The molecule has 2 amide bonds. The van der Waals surface area contributed by atoms with Crippen LogP contribution in [0.25, 0.3) is 11.0 Å². The predicted molar refractivity (Wildman–Crippen MR) is 140 cm³/mol. The van der Waals surface area contributed by atoms with Gasteiger partial charge in [0.2, 0.25) is 5.91 Å². The van der Waals surface area contributed by atoms with Crippen LogP contribution in [0, 0.1) is 11.8 Å². The molecule has 0 spiro atoms. The monoisotopic (exact) mass is 488 g/mol. The first-order chi connectivity index (χ1) is 17.3. The Balaban J connectivity index is 1.55. The molecule has 0 bridgehead atoms. The van der Waals surface area contributed by atoms with E-state index >= 15 is 0 Å². The molecular formula is C29H36N4O3. The van der Waals surface area contributed by atoms with E-state index in [2.05, 4.69) is 24.1 Å². The topological polar surface area (TPSA) is 76.5 Å². The lowest BCUT2D eigenvalue weighted by Gasteiger charge is -2.45. The Morgan fingerprint density at radius 3 is 2.69 bits per heavy atom. The Hall–Kier alpha value is -3.35. The first kappa shape index (κ1) is 24.3. The highest BCUT2D eigenvalue weighted by Gasteiger charge is 2.49. The number of carbonyl (C=O) groups is 2. The van der Waals surface area contributed by atoms with Crippen molar-refractivity contribution in [3.8, 4) is 5.75 Å². The molecule has 1 N–H and O–H groups in total. The summed E-state index contributed by atoms with van der Waals surface area (Å²) in [6.45, 7) is 9.44. The molecule has 1 aliphatic heterocycles. The third-order valence-corrected chi connectivity index (χ3v) is 8.27. The minimum Gasteiger partial charge on any atom is -0.494 e. The summed E-state index contributed by atoms with van der Waals surface area (Å²) in [6, 6.07) is 15.5. The molecule has 5 rings (SSSR count). The van der Waals surface area contributed by atoms with Crippen LogP contribution < -0.4 is 10.1 Å². The molecule has 2 aromatic carbocycles. The number of imidazole rings is 1. The Morgan fingerprint density at radius 2 is 1.89 bits per heavy atom. The second-order valence-electron chi connectivity index (χ2n) is 10.6. The fraction of sp³-hybridized carbons (Fsp3) is 0.483. The number of amides is 2. The second kappa shape index (κ2) is 9.60. The molecule has 4 atom stereocenters. The van der Waals surface area contributed by atoms with Crippen molar-refractivity contribution >= 4 is 22.8 Å². The van der Waals surface area contributed by atoms with Crippen LogP contribution in [-0.2, 0) is 17.9 Å².